The van der Waals surface area contributed by atoms with Crippen molar-refractivity contribution in [3.8, 4) is 5.75 Å². The molecule has 1 N–H and O–H groups in total. The second kappa shape index (κ2) is 5.55. The summed E-state index contributed by atoms with van der Waals surface area (Å²) in [6, 6.07) is 2.73. The Labute approximate surface area is 104 Å². The number of hydrogen-bond acceptors (Lipinski definition) is 4. The van der Waals surface area contributed by atoms with Crippen molar-refractivity contribution < 1.29 is 32.7 Å². The van der Waals surface area contributed by atoms with Crippen LogP contribution in [0.5, 0.6) is 5.75 Å². The number of alkyl halides is 3. The van der Waals surface area contributed by atoms with Gasteiger partial charge in [0.05, 0.1) is 18.0 Å². The minimum atomic E-state index is -4.39. The molecule has 0 aliphatic heterocycles. The molecule has 0 spiro atoms. The smallest absolute Gasteiger partial charge is 0.392 e. The van der Waals surface area contributed by atoms with E-state index in [0.29, 0.717) is 0 Å². The van der Waals surface area contributed by atoms with Crippen molar-refractivity contribution >= 4 is 11.7 Å². The zero-order chi connectivity index (χ0) is 14.6. The van der Waals surface area contributed by atoms with Gasteiger partial charge in [0.15, 0.2) is 0 Å². The number of ether oxygens (including phenoxy) is 1. The lowest BCUT2D eigenvalue weighted by atomic mass is 10.1. The van der Waals surface area contributed by atoms with Crippen LogP contribution >= 0.6 is 0 Å². The molecule has 0 amide bonds. The maximum atomic E-state index is 11.9. The average Bonchev–Trinajstić information content (AvgIpc) is 2.26. The van der Waals surface area contributed by atoms with Crippen molar-refractivity contribution in [2.24, 2.45) is 0 Å². The van der Waals surface area contributed by atoms with Gasteiger partial charge in [0.25, 0.3) is 5.69 Å². The number of hydrogen-bond donors (Lipinski definition) is 1. The Kier molecular flexibility index (Phi) is 4.30. The lowest BCUT2D eigenvalue weighted by Gasteiger charge is -2.09. The van der Waals surface area contributed by atoms with Crippen molar-refractivity contribution in [1.82, 2.24) is 0 Å². The predicted octanol–water partition coefficient (Wildman–Crippen LogP) is 2.62. The average molecular weight is 279 g/mol. The molecule has 1 rings (SSSR count). The largest absolute Gasteiger partial charge is 0.493 e. The topological polar surface area (TPSA) is 89.7 Å². The van der Waals surface area contributed by atoms with Crippen molar-refractivity contribution in [2.45, 2.75) is 12.6 Å². The van der Waals surface area contributed by atoms with Gasteiger partial charge >= 0.3 is 12.1 Å². The fourth-order valence-electron chi connectivity index (χ4n) is 1.22. The number of nitrogens with zero attached hydrogens (tertiary/aromatic N) is 1. The van der Waals surface area contributed by atoms with Gasteiger partial charge in [-0.1, -0.05) is 0 Å². The standard InChI is InChI=1S/C10H8F3NO5/c11-10(12,13)3-4-19-6-1-2-8(14(17)18)7(5-6)9(15)16/h1-2,5H,3-4H2,(H,15,16). The first-order valence-corrected chi connectivity index (χ1v) is 4.92. The Bertz CT molecular complexity index is 500. The molecule has 6 nitrogen and oxygen atoms in total. The first-order chi connectivity index (χ1) is 8.70. The van der Waals surface area contributed by atoms with Gasteiger partial charge < -0.3 is 9.84 Å². The molecule has 104 valence electrons. The summed E-state index contributed by atoms with van der Waals surface area (Å²) in [7, 11) is 0. The highest BCUT2D eigenvalue weighted by Crippen LogP contribution is 2.25. The molecule has 9 heteroatoms. The third-order valence-corrected chi connectivity index (χ3v) is 2.05. The Morgan fingerprint density at radius 2 is 2.05 bits per heavy atom. The molecular formula is C10H8F3NO5. The number of carboxylic acids is 1. The number of nitro benzene ring substituents is 1. The lowest BCUT2D eigenvalue weighted by Crippen LogP contribution is -2.13. The van der Waals surface area contributed by atoms with Gasteiger partial charge in [-0.05, 0) is 6.07 Å². The number of carbonyl (C=O) groups is 1. The van der Waals surface area contributed by atoms with E-state index in [-0.39, 0.29) is 5.75 Å². The number of aromatic carboxylic acids is 1. The first kappa shape index (κ1) is 14.7. The van der Waals surface area contributed by atoms with Crippen molar-refractivity contribution in [3.63, 3.8) is 0 Å². The Morgan fingerprint density at radius 3 is 2.53 bits per heavy atom. The summed E-state index contributed by atoms with van der Waals surface area (Å²) in [6.45, 7) is -0.694. The lowest BCUT2D eigenvalue weighted by molar-refractivity contribution is -0.385. The van der Waals surface area contributed by atoms with Gasteiger partial charge in [-0.15, -0.1) is 0 Å². The van der Waals surface area contributed by atoms with Crippen LogP contribution in [0.1, 0.15) is 16.8 Å². The molecule has 0 bridgehead atoms. The predicted molar refractivity (Wildman–Crippen MR) is 56.2 cm³/mol. The summed E-state index contributed by atoms with van der Waals surface area (Å²) >= 11 is 0. The van der Waals surface area contributed by atoms with E-state index in [0.717, 1.165) is 18.2 Å². The molecule has 0 unspecified atom stereocenters. The number of halogens is 3. The summed E-state index contributed by atoms with van der Waals surface area (Å²) in [5.41, 5.74) is -1.30. The monoisotopic (exact) mass is 279 g/mol. The highest BCUT2D eigenvalue weighted by atomic mass is 19.4. The third-order valence-electron chi connectivity index (χ3n) is 2.05. The molecule has 1 aromatic rings. The van der Waals surface area contributed by atoms with E-state index in [1.165, 1.54) is 0 Å². The van der Waals surface area contributed by atoms with Crippen LogP contribution in [0.3, 0.4) is 0 Å². The fourth-order valence-corrected chi connectivity index (χ4v) is 1.22. The fraction of sp³-hybridized carbons (Fsp3) is 0.300. The van der Waals surface area contributed by atoms with E-state index in [1.807, 2.05) is 0 Å². The molecule has 0 aliphatic carbocycles. The Morgan fingerprint density at radius 1 is 1.42 bits per heavy atom. The zero-order valence-corrected chi connectivity index (χ0v) is 9.31. The number of carboxylic acid groups (broad SMARTS) is 1. The quantitative estimate of drug-likeness (QED) is 0.661. The van der Waals surface area contributed by atoms with Gasteiger partial charge in [-0.3, -0.25) is 10.1 Å². The van der Waals surface area contributed by atoms with E-state index >= 15 is 0 Å². The summed E-state index contributed by atoms with van der Waals surface area (Å²) in [5.74, 6) is -1.74. The first-order valence-electron chi connectivity index (χ1n) is 4.92. The second-order valence-corrected chi connectivity index (χ2v) is 3.45. The van der Waals surface area contributed by atoms with Crippen LogP contribution in [0.15, 0.2) is 18.2 Å². The molecule has 0 aromatic heterocycles. The van der Waals surface area contributed by atoms with E-state index in [1.54, 1.807) is 0 Å². The maximum absolute atomic E-state index is 11.9. The van der Waals surface area contributed by atoms with Gasteiger partial charge in [0.2, 0.25) is 0 Å². The molecule has 0 saturated heterocycles. The van der Waals surface area contributed by atoms with Crippen LogP contribution in [0.4, 0.5) is 18.9 Å². The highest BCUT2D eigenvalue weighted by molar-refractivity contribution is 5.92. The summed E-state index contributed by atoms with van der Waals surface area (Å²) in [4.78, 5) is 20.4. The summed E-state index contributed by atoms with van der Waals surface area (Å²) in [5, 5.41) is 19.3. The zero-order valence-electron chi connectivity index (χ0n) is 9.31. The SMILES string of the molecule is O=C(O)c1cc(OCCC(F)(F)F)ccc1[N+](=O)[O-]. The molecule has 0 atom stereocenters. The van der Waals surface area contributed by atoms with Gasteiger partial charge in [0.1, 0.15) is 11.3 Å². The summed E-state index contributed by atoms with van der Waals surface area (Å²) < 4.78 is 40.3. The molecule has 0 heterocycles. The molecule has 0 saturated carbocycles. The van der Waals surface area contributed by atoms with Crippen molar-refractivity contribution in [2.75, 3.05) is 6.61 Å². The summed E-state index contributed by atoms with van der Waals surface area (Å²) in [6.07, 6.45) is -5.59. The number of nitro groups is 1. The minimum Gasteiger partial charge on any atom is -0.493 e. The molecule has 0 fully saturated rings. The van der Waals surface area contributed by atoms with Crippen LogP contribution in [0, 0.1) is 10.1 Å². The van der Waals surface area contributed by atoms with E-state index < -0.39 is 41.3 Å². The van der Waals surface area contributed by atoms with Crippen LogP contribution < -0.4 is 4.74 Å². The second-order valence-electron chi connectivity index (χ2n) is 3.45. The molecule has 0 aliphatic rings. The third kappa shape index (κ3) is 4.45. The number of rotatable bonds is 5. The van der Waals surface area contributed by atoms with Gasteiger partial charge in [-0.2, -0.15) is 13.2 Å². The molecule has 19 heavy (non-hydrogen) atoms. The Balaban J connectivity index is 2.85. The van der Waals surface area contributed by atoms with Crippen LogP contribution in [0.25, 0.3) is 0 Å². The van der Waals surface area contributed by atoms with Crippen LogP contribution in [-0.2, 0) is 0 Å². The Hall–Kier alpha value is -2.32. The maximum Gasteiger partial charge on any atom is 0.392 e. The van der Waals surface area contributed by atoms with Crippen LogP contribution in [-0.4, -0.2) is 28.8 Å². The normalized spacial score (nSPS) is 11.1. The minimum absolute atomic E-state index is 0.174. The molecular weight excluding hydrogens is 271 g/mol. The van der Waals surface area contributed by atoms with E-state index in [4.69, 9.17) is 9.84 Å². The molecule has 1 aromatic carbocycles. The van der Waals surface area contributed by atoms with Crippen molar-refractivity contribution in [3.05, 3.63) is 33.9 Å². The molecule has 0 radical (unpaired) electrons. The van der Waals surface area contributed by atoms with E-state index in [2.05, 4.69) is 0 Å². The van der Waals surface area contributed by atoms with Crippen LogP contribution in [0.2, 0.25) is 0 Å². The van der Waals surface area contributed by atoms with Gasteiger partial charge in [0, 0.05) is 12.1 Å². The van der Waals surface area contributed by atoms with Crippen molar-refractivity contribution in [1.29, 1.82) is 0 Å². The highest BCUT2D eigenvalue weighted by Gasteiger charge is 2.27. The van der Waals surface area contributed by atoms with E-state index in [9.17, 15) is 28.1 Å². The van der Waals surface area contributed by atoms with Gasteiger partial charge in [-0.25, -0.2) is 4.79 Å². The number of benzene rings is 1.